The van der Waals surface area contributed by atoms with Gasteiger partial charge in [-0.2, -0.15) is 0 Å². The average Bonchev–Trinajstić information content (AvgIpc) is 2.38. The van der Waals surface area contributed by atoms with Crippen molar-refractivity contribution >= 4 is 0 Å². The highest BCUT2D eigenvalue weighted by molar-refractivity contribution is 5.44. The number of fused-ring (bicyclic) bond motifs is 4. The summed E-state index contributed by atoms with van der Waals surface area (Å²) in [5.74, 6) is 1.79. The number of benzene rings is 1. The molecule has 1 aromatic carbocycles. The molecular formula is C16H23NO. The molecule has 0 radical (unpaired) electrons. The molecule has 2 nitrogen and oxygen atoms in total. The van der Waals surface area contributed by atoms with Crippen molar-refractivity contribution in [2.75, 3.05) is 14.2 Å². The van der Waals surface area contributed by atoms with Gasteiger partial charge in [0.25, 0.3) is 0 Å². The third-order valence-electron chi connectivity index (χ3n) is 5.15. The van der Waals surface area contributed by atoms with Gasteiger partial charge in [-0.05, 0) is 55.5 Å². The van der Waals surface area contributed by atoms with Crippen molar-refractivity contribution in [1.82, 2.24) is 5.32 Å². The van der Waals surface area contributed by atoms with Gasteiger partial charge in [-0.15, -0.1) is 0 Å². The minimum Gasteiger partial charge on any atom is -0.497 e. The van der Waals surface area contributed by atoms with Crippen LogP contribution in [0.4, 0.5) is 0 Å². The fraction of sp³-hybridized carbons (Fsp3) is 0.625. The Morgan fingerprint density at radius 2 is 2.22 bits per heavy atom. The van der Waals surface area contributed by atoms with E-state index in [0.29, 0.717) is 6.04 Å². The van der Waals surface area contributed by atoms with Crippen molar-refractivity contribution in [3.8, 4) is 5.75 Å². The molecule has 0 amide bonds. The predicted molar refractivity (Wildman–Crippen MR) is 74.2 cm³/mol. The first kappa shape index (κ1) is 12.0. The largest absolute Gasteiger partial charge is 0.497 e. The summed E-state index contributed by atoms with van der Waals surface area (Å²) in [5, 5.41) is 3.58. The van der Waals surface area contributed by atoms with Gasteiger partial charge < -0.3 is 10.1 Å². The normalized spacial score (nSPS) is 33.9. The third-order valence-corrected chi connectivity index (χ3v) is 5.15. The summed E-state index contributed by atoms with van der Waals surface area (Å²) in [6.07, 6.45) is 5.23. The van der Waals surface area contributed by atoms with E-state index >= 15 is 0 Å². The van der Waals surface area contributed by atoms with Crippen LogP contribution in [0.3, 0.4) is 0 Å². The van der Waals surface area contributed by atoms with Gasteiger partial charge in [-0.3, -0.25) is 0 Å². The molecule has 1 saturated carbocycles. The van der Waals surface area contributed by atoms with E-state index in [2.05, 4.69) is 37.5 Å². The fourth-order valence-corrected chi connectivity index (χ4v) is 4.32. The summed E-state index contributed by atoms with van der Waals surface area (Å²) < 4.78 is 5.41. The molecule has 2 aliphatic carbocycles. The SMILES string of the molecule is CN[C@H]1C2CCCC1(C)c1cc(OC)ccc1C2. The summed E-state index contributed by atoms with van der Waals surface area (Å²) in [6.45, 7) is 2.43. The van der Waals surface area contributed by atoms with Crippen LogP contribution in [-0.2, 0) is 11.8 Å². The van der Waals surface area contributed by atoms with E-state index in [9.17, 15) is 0 Å². The second kappa shape index (κ2) is 4.27. The lowest BCUT2D eigenvalue weighted by Gasteiger charge is -2.51. The maximum atomic E-state index is 5.41. The first-order valence-corrected chi connectivity index (χ1v) is 7.03. The van der Waals surface area contributed by atoms with Crippen molar-refractivity contribution in [3.05, 3.63) is 29.3 Å². The molecule has 2 unspecified atom stereocenters. The molecule has 1 N–H and O–H groups in total. The van der Waals surface area contributed by atoms with E-state index in [4.69, 9.17) is 4.74 Å². The third kappa shape index (κ3) is 1.58. The van der Waals surface area contributed by atoms with E-state index in [1.807, 2.05) is 0 Å². The van der Waals surface area contributed by atoms with Gasteiger partial charge >= 0.3 is 0 Å². The molecule has 1 fully saturated rings. The molecule has 0 spiro atoms. The number of ether oxygens (including phenoxy) is 1. The zero-order valence-electron chi connectivity index (χ0n) is 11.6. The molecule has 2 bridgehead atoms. The van der Waals surface area contributed by atoms with Gasteiger partial charge in [0, 0.05) is 11.5 Å². The first-order valence-electron chi connectivity index (χ1n) is 7.03. The lowest BCUT2D eigenvalue weighted by molar-refractivity contribution is 0.147. The van der Waals surface area contributed by atoms with Crippen LogP contribution in [0.25, 0.3) is 0 Å². The lowest BCUT2D eigenvalue weighted by Crippen LogP contribution is -2.55. The molecule has 18 heavy (non-hydrogen) atoms. The Bertz CT molecular complexity index is 456. The lowest BCUT2D eigenvalue weighted by atomic mass is 9.57. The predicted octanol–water partition coefficient (Wildman–Crippen LogP) is 2.90. The quantitative estimate of drug-likeness (QED) is 0.865. The van der Waals surface area contributed by atoms with Crippen LogP contribution in [0.2, 0.25) is 0 Å². The Hall–Kier alpha value is -1.02. The van der Waals surface area contributed by atoms with Crippen LogP contribution >= 0.6 is 0 Å². The standard InChI is InChI=1S/C16H23NO/c1-16-8-4-5-12(15(16)17-2)9-11-6-7-13(18-3)10-14(11)16/h6-7,10,12,15,17H,4-5,8-9H2,1-3H3/t12?,15-,16?/m0/s1. The summed E-state index contributed by atoms with van der Waals surface area (Å²) in [7, 11) is 3.87. The summed E-state index contributed by atoms with van der Waals surface area (Å²) in [6, 6.07) is 7.26. The molecule has 0 heterocycles. The maximum Gasteiger partial charge on any atom is 0.119 e. The highest BCUT2D eigenvalue weighted by Gasteiger charge is 2.47. The van der Waals surface area contributed by atoms with Crippen molar-refractivity contribution in [2.45, 2.75) is 44.1 Å². The second-order valence-corrected chi connectivity index (χ2v) is 6.06. The number of nitrogens with one attached hydrogen (secondary N) is 1. The molecule has 0 saturated heterocycles. The Morgan fingerprint density at radius 1 is 1.39 bits per heavy atom. The molecular weight excluding hydrogens is 222 g/mol. The maximum absolute atomic E-state index is 5.41. The van der Waals surface area contributed by atoms with Gasteiger partial charge in [0.05, 0.1) is 7.11 Å². The Balaban J connectivity index is 2.12. The zero-order chi connectivity index (χ0) is 12.8. The van der Waals surface area contributed by atoms with Crippen LogP contribution < -0.4 is 10.1 Å². The molecule has 2 aliphatic rings. The molecule has 98 valence electrons. The van der Waals surface area contributed by atoms with Gasteiger partial charge in [-0.25, -0.2) is 0 Å². The van der Waals surface area contributed by atoms with E-state index in [1.54, 1.807) is 7.11 Å². The van der Waals surface area contributed by atoms with Crippen molar-refractivity contribution in [3.63, 3.8) is 0 Å². The van der Waals surface area contributed by atoms with Crippen LogP contribution in [0.1, 0.15) is 37.3 Å². The Morgan fingerprint density at radius 3 is 2.94 bits per heavy atom. The van der Waals surface area contributed by atoms with Crippen molar-refractivity contribution < 1.29 is 4.74 Å². The molecule has 0 aliphatic heterocycles. The van der Waals surface area contributed by atoms with Crippen LogP contribution in [0.5, 0.6) is 5.75 Å². The monoisotopic (exact) mass is 245 g/mol. The van der Waals surface area contributed by atoms with E-state index in [0.717, 1.165) is 11.7 Å². The number of likely N-dealkylation sites (N-methyl/N-ethyl adjacent to an activating group) is 1. The van der Waals surface area contributed by atoms with Crippen molar-refractivity contribution in [2.24, 2.45) is 5.92 Å². The average molecular weight is 245 g/mol. The Kier molecular flexibility index (Phi) is 2.86. The van der Waals surface area contributed by atoms with Gasteiger partial charge in [0.15, 0.2) is 0 Å². The minimum atomic E-state index is 0.278. The first-order chi connectivity index (χ1) is 8.69. The summed E-state index contributed by atoms with van der Waals surface area (Å²) in [4.78, 5) is 0. The van der Waals surface area contributed by atoms with Gasteiger partial charge in [0.2, 0.25) is 0 Å². The molecule has 3 rings (SSSR count). The summed E-state index contributed by atoms with van der Waals surface area (Å²) in [5.41, 5.74) is 3.33. The molecule has 0 aromatic heterocycles. The Labute approximate surface area is 110 Å². The van der Waals surface area contributed by atoms with E-state index in [-0.39, 0.29) is 5.41 Å². The van der Waals surface area contributed by atoms with Gasteiger partial charge in [0.1, 0.15) is 5.75 Å². The zero-order valence-corrected chi connectivity index (χ0v) is 11.6. The highest BCUT2D eigenvalue weighted by atomic mass is 16.5. The summed E-state index contributed by atoms with van der Waals surface area (Å²) >= 11 is 0. The van der Waals surface area contributed by atoms with Gasteiger partial charge in [-0.1, -0.05) is 19.4 Å². The smallest absolute Gasteiger partial charge is 0.119 e. The molecule has 3 atom stereocenters. The second-order valence-electron chi connectivity index (χ2n) is 6.06. The van der Waals surface area contributed by atoms with Crippen LogP contribution in [0.15, 0.2) is 18.2 Å². The number of hydrogen-bond donors (Lipinski definition) is 1. The van der Waals surface area contributed by atoms with E-state index in [1.165, 1.54) is 36.8 Å². The molecule has 1 aromatic rings. The number of rotatable bonds is 2. The number of methoxy groups -OCH3 is 1. The van der Waals surface area contributed by atoms with Crippen LogP contribution in [0, 0.1) is 5.92 Å². The molecule has 2 heteroatoms. The minimum absolute atomic E-state index is 0.278. The number of hydrogen-bond acceptors (Lipinski definition) is 2. The van der Waals surface area contributed by atoms with E-state index < -0.39 is 0 Å². The fourth-order valence-electron chi connectivity index (χ4n) is 4.32. The van der Waals surface area contributed by atoms with Crippen LogP contribution in [-0.4, -0.2) is 20.2 Å². The van der Waals surface area contributed by atoms with Crippen molar-refractivity contribution in [1.29, 1.82) is 0 Å². The highest BCUT2D eigenvalue weighted by Crippen LogP contribution is 2.49. The topological polar surface area (TPSA) is 21.3 Å².